The maximum Gasteiger partial charge on any atom is 0.264 e. The lowest BCUT2D eigenvalue weighted by atomic mass is 10.1. The predicted molar refractivity (Wildman–Crippen MR) is 113 cm³/mol. The summed E-state index contributed by atoms with van der Waals surface area (Å²) in [5.74, 6) is -2.19. The minimum atomic E-state index is -3.73. The summed E-state index contributed by atoms with van der Waals surface area (Å²) in [7, 11) is -3.73. The van der Waals surface area contributed by atoms with Crippen molar-refractivity contribution in [1.29, 1.82) is 0 Å². The number of anilines is 2. The molecule has 3 aromatic carbocycles. The number of amides is 1. The highest BCUT2D eigenvalue weighted by molar-refractivity contribution is 9.10. The van der Waals surface area contributed by atoms with Gasteiger partial charge < -0.3 is 5.32 Å². The van der Waals surface area contributed by atoms with E-state index in [2.05, 4.69) is 21.2 Å². The molecule has 0 saturated heterocycles. The molecule has 1 aliphatic rings. The van der Waals surface area contributed by atoms with E-state index in [1.807, 2.05) is 0 Å². The first-order valence-electron chi connectivity index (χ1n) is 8.93. The van der Waals surface area contributed by atoms with Gasteiger partial charge in [0.25, 0.3) is 15.9 Å². The molecule has 0 spiro atoms. The van der Waals surface area contributed by atoms with Crippen molar-refractivity contribution >= 4 is 43.2 Å². The molecule has 3 aromatic rings. The second-order valence-electron chi connectivity index (χ2n) is 6.70. The molecule has 0 radical (unpaired) electrons. The summed E-state index contributed by atoms with van der Waals surface area (Å²) in [6.45, 7) is 0.255. The second-order valence-corrected chi connectivity index (χ2v) is 9.48. The molecule has 0 saturated carbocycles. The van der Waals surface area contributed by atoms with E-state index in [1.165, 1.54) is 22.5 Å². The van der Waals surface area contributed by atoms with Crippen LogP contribution in [0.1, 0.15) is 15.9 Å². The van der Waals surface area contributed by atoms with E-state index in [1.54, 1.807) is 24.3 Å². The number of halogens is 3. The lowest BCUT2D eigenvalue weighted by Gasteiger charge is -2.20. The number of sulfonamides is 1. The maximum absolute atomic E-state index is 13.8. The van der Waals surface area contributed by atoms with Crippen molar-refractivity contribution in [1.82, 2.24) is 0 Å². The number of nitrogens with one attached hydrogen (secondary N) is 1. The number of rotatable bonds is 4. The van der Waals surface area contributed by atoms with E-state index in [9.17, 15) is 22.0 Å². The first-order chi connectivity index (χ1) is 14.3. The quantitative estimate of drug-likeness (QED) is 0.572. The molecule has 154 valence electrons. The van der Waals surface area contributed by atoms with Gasteiger partial charge in [-0.05, 0) is 66.6 Å². The third kappa shape index (κ3) is 3.82. The van der Waals surface area contributed by atoms with Gasteiger partial charge >= 0.3 is 0 Å². The summed E-state index contributed by atoms with van der Waals surface area (Å²) in [5, 5.41) is 2.40. The molecule has 5 nitrogen and oxygen atoms in total. The molecule has 0 aromatic heterocycles. The fourth-order valence-corrected chi connectivity index (χ4v) is 5.05. The zero-order chi connectivity index (χ0) is 21.5. The van der Waals surface area contributed by atoms with E-state index >= 15 is 0 Å². The van der Waals surface area contributed by atoms with Crippen LogP contribution in [0.4, 0.5) is 20.2 Å². The van der Waals surface area contributed by atoms with Gasteiger partial charge in [0.05, 0.1) is 16.3 Å². The van der Waals surface area contributed by atoms with E-state index in [0.717, 1.165) is 16.6 Å². The van der Waals surface area contributed by atoms with Crippen molar-refractivity contribution in [2.24, 2.45) is 0 Å². The summed E-state index contributed by atoms with van der Waals surface area (Å²) in [4.78, 5) is 12.6. The molecule has 0 bridgehead atoms. The highest BCUT2D eigenvalue weighted by Gasteiger charge is 2.31. The molecule has 1 aliphatic heterocycles. The molecular weight excluding hydrogens is 478 g/mol. The van der Waals surface area contributed by atoms with Crippen LogP contribution in [-0.4, -0.2) is 20.9 Å². The van der Waals surface area contributed by atoms with Crippen LogP contribution < -0.4 is 9.62 Å². The van der Waals surface area contributed by atoms with Crippen molar-refractivity contribution in [3.05, 3.63) is 87.9 Å². The van der Waals surface area contributed by atoms with Gasteiger partial charge in [0.15, 0.2) is 0 Å². The summed E-state index contributed by atoms with van der Waals surface area (Å²) in [5.41, 5.74) is 1.31. The van der Waals surface area contributed by atoms with Gasteiger partial charge in [0, 0.05) is 22.6 Å². The van der Waals surface area contributed by atoms with Crippen molar-refractivity contribution in [3.8, 4) is 0 Å². The minimum Gasteiger partial charge on any atom is -0.319 e. The Morgan fingerprint density at radius 3 is 2.43 bits per heavy atom. The van der Waals surface area contributed by atoms with Crippen LogP contribution in [0, 0.1) is 11.6 Å². The molecule has 1 amide bonds. The highest BCUT2D eigenvalue weighted by Crippen LogP contribution is 2.34. The highest BCUT2D eigenvalue weighted by atomic mass is 79.9. The summed E-state index contributed by atoms with van der Waals surface area (Å²) < 4.78 is 54.9. The zero-order valence-corrected chi connectivity index (χ0v) is 17.8. The van der Waals surface area contributed by atoms with Crippen molar-refractivity contribution in [2.45, 2.75) is 11.3 Å². The largest absolute Gasteiger partial charge is 0.319 e. The van der Waals surface area contributed by atoms with Crippen LogP contribution in [0.2, 0.25) is 0 Å². The third-order valence-corrected chi connectivity index (χ3v) is 7.13. The first kappa shape index (κ1) is 20.5. The van der Waals surface area contributed by atoms with Gasteiger partial charge in [-0.2, -0.15) is 0 Å². The Morgan fingerprint density at radius 2 is 1.73 bits per heavy atom. The monoisotopic (exact) mass is 492 g/mol. The van der Waals surface area contributed by atoms with Gasteiger partial charge in [-0.15, -0.1) is 0 Å². The Hall–Kier alpha value is -2.78. The second kappa shape index (κ2) is 7.81. The van der Waals surface area contributed by atoms with Crippen molar-refractivity contribution in [3.63, 3.8) is 0 Å². The first-order valence-corrected chi connectivity index (χ1v) is 11.2. The number of fused-ring (bicyclic) bond motifs is 1. The fourth-order valence-electron chi connectivity index (χ4n) is 3.28. The number of carbonyl (C=O) groups is 1. The molecule has 0 atom stereocenters. The Balaban J connectivity index is 1.59. The van der Waals surface area contributed by atoms with Crippen molar-refractivity contribution in [2.75, 3.05) is 16.2 Å². The Bertz CT molecular complexity index is 1250. The topological polar surface area (TPSA) is 66.5 Å². The molecule has 0 unspecified atom stereocenters. The van der Waals surface area contributed by atoms with E-state index in [0.29, 0.717) is 23.7 Å². The SMILES string of the molecule is O=C(Nc1ccc(F)cc1F)c1ccc2c(c1)CCN2S(=O)(=O)c1ccc(Br)cc1. The van der Waals surface area contributed by atoms with Crippen LogP contribution in [0.15, 0.2) is 70.0 Å². The third-order valence-electron chi connectivity index (χ3n) is 4.78. The summed E-state index contributed by atoms with van der Waals surface area (Å²) in [6, 6.07) is 13.9. The lowest BCUT2D eigenvalue weighted by molar-refractivity contribution is 0.102. The Kier molecular flexibility index (Phi) is 5.33. The molecule has 30 heavy (non-hydrogen) atoms. The van der Waals surface area contributed by atoms with Gasteiger partial charge in [0.2, 0.25) is 0 Å². The molecule has 9 heteroatoms. The number of nitrogens with zero attached hydrogens (tertiary/aromatic N) is 1. The zero-order valence-electron chi connectivity index (χ0n) is 15.4. The summed E-state index contributed by atoms with van der Waals surface area (Å²) >= 11 is 3.29. The summed E-state index contributed by atoms with van der Waals surface area (Å²) in [6.07, 6.45) is 0.442. The minimum absolute atomic E-state index is 0.138. The fraction of sp³-hybridized carbons (Fsp3) is 0.0952. The average Bonchev–Trinajstić information content (AvgIpc) is 3.14. The number of hydrogen-bond donors (Lipinski definition) is 1. The van der Waals surface area contributed by atoms with Gasteiger partial charge in [-0.3, -0.25) is 9.10 Å². The van der Waals surface area contributed by atoms with Crippen LogP contribution in [0.3, 0.4) is 0 Å². The molecule has 0 fully saturated rings. The van der Waals surface area contributed by atoms with Crippen molar-refractivity contribution < 1.29 is 22.0 Å². The normalized spacial score (nSPS) is 13.2. The number of benzene rings is 3. The van der Waals surface area contributed by atoms with E-state index < -0.39 is 27.6 Å². The standard InChI is InChI=1S/C21H15BrF2N2O3S/c22-15-2-5-17(6-3-15)30(28,29)26-10-9-13-11-14(1-8-20(13)26)21(27)25-19-7-4-16(23)12-18(19)24/h1-8,11-12H,9-10H2,(H,25,27). The van der Waals surface area contributed by atoms with Crippen LogP contribution in [-0.2, 0) is 16.4 Å². The van der Waals surface area contributed by atoms with E-state index in [-0.39, 0.29) is 22.7 Å². The number of carbonyl (C=O) groups excluding carboxylic acids is 1. The van der Waals surface area contributed by atoms with Gasteiger partial charge in [-0.1, -0.05) is 15.9 Å². The maximum atomic E-state index is 13.8. The van der Waals surface area contributed by atoms with Crippen LogP contribution in [0.5, 0.6) is 0 Å². The predicted octanol–water partition coefficient (Wildman–Crippen LogP) is 4.73. The van der Waals surface area contributed by atoms with Crippen LogP contribution >= 0.6 is 15.9 Å². The molecule has 1 N–H and O–H groups in total. The Labute approximate surface area is 180 Å². The molecule has 4 rings (SSSR count). The molecular formula is C21H15BrF2N2O3S. The lowest BCUT2D eigenvalue weighted by Crippen LogP contribution is -2.29. The van der Waals surface area contributed by atoms with E-state index in [4.69, 9.17) is 0 Å². The smallest absolute Gasteiger partial charge is 0.264 e. The van der Waals surface area contributed by atoms with Crippen LogP contribution in [0.25, 0.3) is 0 Å². The average molecular weight is 493 g/mol. The Morgan fingerprint density at radius 1 is 1.00 bits per heavy atom. The molecule has 0 aliphatic carbocycles. The van der Waals surface area contributed by atoms with Gasteiger partial charge in [-0.25, -0.2) is 17.2 Å². The number of hydrogen-bond acceptors (Lipinski definition) is 3. The van der Waals surface area contributed by atoms with Gasteiger partial charge in [0.1, 0.15) is 11.6 Å². The molecule has 1 heterocycles.